The zero-order valence-corrected chi connectivity index (χ0v) is 10.8. The Morgan fingerprint density at radius 2 is 1.88 bits per heavy atom. The average molecular weight is 236 g/mol. The van der Waals surface area contributed by atoms with E-state index in [1.165, 1.54) is 0 Å². The lowest BCUT2D eigenvalue weighted by Crippen LogP contribution is -2.58. The summed E-state index contributed by atoms with van der Waals surface area (Å²) < 4.78 is 11.7. The highest BCUT2D eigenvalue weighted by Crippen LogP contribution is 2.62. The van der Waals surface area contributed by atoms with Crippen LogP contribution < -0.4 is 0 Å². The Morgan fingerprint density at radius 1 is 1.24 bits per heavy atom. The van der Waals surface area contributed by atoms with E-state index in [1.807, 2.05) is 0 Å². The van der Waals surface area contributed by atoms with Crippen molar-refractivity contribution in [2.45, 2.75) is 39.4 Å². The molecule has 1 spiro atoms. The summed E-state index contributed by atoms with van der Waals surface area (Å²) in [5, 5.41) is 0. The molecule has 3 rings (SSSR count). The van der Waals surface area contributed by atoms with Crippen LogP contribution in [0.1, 0.15) is 33.6 Å². The van der Waals surface area contributed by atoms with Gasteiger partial charge < -0.3 is 9.47 Å². The van der Waals surface area contributed by atoms with E-state index >= 15 is 0 Å². The van der Waals surface area contributed by atoms with E-state index in [9.17, 15) is 4.79 Å². The van der Waals surface area contributed by atoms with Gasteiger partial charge in [0.25, 0.3) is 0 Å². The number of carbonyl (C=O) groups is 1. The van der Waals surface area contributed by atoms with Crippen LogP contribution in [0.25, 0.3) is 0 Å². The number of hydrogen-bond acceptors (Lipinski definition) is 3. The molecule has 1 heterocycles. The largest absolute Gasteiger partial charge is 0.347 e. The van der Waals surface area contributed by atoms with Crippen LogP contribution in [-0.4, -0.2) is 24.8 Å². The lowest BCUT2D eigenvalue weighted by Gasteiger charge is -2.54. The molecule has 0 aromatic heterocycles. The van der Waals surface area contributed by atoms with Crippen LogP contribution in [0.2, 0.25) is 0 Å². The topological polar surface area (TPSA) is 35.5 Å². The Bertz CT molecular complexity index is 394. The first-order chi connectivity index (χ1) is 7.95. The smallest absolute Gasteiger partial charge is 0.172 e. The van der Waals surface area contributed by atoms with Gasteiger partial charge in [-0.25, -0.2) is 0 Å². The first-order valence-electron chi connectivity index (χ1n) is 6.46. The van der Waals surface area contributed by atoms with Crippen LogP contribution in [0.15, 0.2) is 12.2 Å². The number of ketones is 1. The molecule has 3 atom stereocenters. The predicted octanol–water partition coefficient (Wildman–Crippen LogP) is 2.31. The third-order valence-corrected chi connectivity index (χ3v) is 5.60. The summed E-state index contributed by atoms with van der Waals surface area (Å²) in [5.74, 6) is -0.194. The van der Waals surface area contributed by atoms with E-state index in [-0.39, 0.29) is 22.5 Å². The maximum Gasteiger partial charge on any atom is 0.172 e. The lowest BCUT2D eigenvalue weighted by atomic mass is 9.52. The fourth-order valence-electron chi connectivity index (χ4n) is 3.89. The van der Waals surface area contributed by atoms with Crippen molar-refractivity contribution in [1.29, 1.82) is 0 Å². The monoisotopic (exact) mass is 236 g/mol. The Morgan fingerprint density at radius 3 is 2.53 bits per heavy atom. The summed E-state index contributed by atoms with van der Waals surface area (Å²) in [5.41, 5.74) is -0.417. The van der Waals surface area contributed by atoms with E-state index in [0.717, 1.165) is 12.8 Å². The Hall–Kier alpha value is -0.670. The summed E-state index contributed by atoms with van der Waals surface area (Å²) in [6, 6.07) is 0. The maximum absolute atomic E-state index is 12.3. The minimum atomic E-state index is -0.518. The zero-order valence-electron chi connectivity index (χ0n) is 10.8. The molecule has 1 saturated heterocycles. The third-order valence-electron chi connectivity index (χ3n) is 5.60. The molecule has 0 amide bonds. The summed E-state index contributed by atoms with van der Waals surface area (Å²) in [6.45, 7) is 7.67. The van der Waals surface area contributed by atoms with E-state index in [1.54, 1.807) is 6.08 Å². The second-order valence-electron chi connectivity index (χ2n) is 6.05. The van der Waals surface area contributed by atoms with Gasteiger partial charge in [0.2, 0.25) is 0 Å². The van der Waals surface area contributed by atoms with Gasteiger partial charge in [0.05, 0.1) is 13.2 Å². The van der Waals surface area contributed by atoms with Crippen LogP contribution in [0.4, 0.5) is 0 Å². The number of carbonyl (C=O) groups excluding carboxylic acids is 1. The second-order valence-corrected chi connectivity index (χ2v) is 6.05. The van der Waals surface area contributed by atoms with Crippen molar-refractivity contribution in [3.8, 4) is 0 Å². The molecule has 2 aliphatic carbocycles. The number of ether oxygens (including phenoxy) is 2. The first kappa shape index (κ1) is 11.4. The van der Waals surface area contributed by atoms with Crippen LogP contribution in [-0.2, 0) is 14.3 Å². The Kier molecular flexibility index (Phi) is 2.15. The highest BCUT2D eigenvalue weighted by atomic mass is 16.7. The fourth-order valence-corrected chi connectivity index (χ4v) is 3.89. The number of fused-ring (bicyclic) bond motifs is 1. The van der Waals surface area contributed by atoms with Gasteiger partial charge in [-0.05, 0) is 17.9 Å². The summed E-state index contributed by atoms with van der Waals surface area (Å²) in [6.07, 6.45) is 5.69. The lowest BCUT2D eigenvalue weighted by molar-refractivity contribution is -0.251. The molecule has 0 aromatic carbocycles. The fraction of sp³-hybridized carbons (Fsp3) is 0.786. The van der Waals surface area contributed by atoms with Crippen molar-refractivity contribution >= 4 is 5.78 Å². The van der Waals surface area contributed by atoms with Gasteiger partial charge >= 0.3 is 0 Å². The van der Waals surface area contributed by atoms with Crippen LogP contribution >= 0.6 is 0 Å². The quantitative estimate of drug-likeness (QED) is 0.647. The molecule has 1 saturated carbocycles. The minimum Gasteiger partial charge on any atom is -0.347 e. The van der Waals surface area contributed by atoms with E-state index in [4.69, 9.17) is 9.47 Å². The van der Waals surface area contributed by atoms with Crippen molar-refractivity contribution in [2.75, 3.05) is 13.2 Å². The van der Waals surface area contributed by atoms with Gasteiger partial charge in [0, 0.05) is 17.8 Å². The van der Waals surface area contributed by atoms with Gasteiger partial charge in [-0.1, -0.05) is 26.8 Å². The van der Waals surface area contributed by atoms with Crippen molar-refractivity contribution in [3.63, 3.8) is 0 Å². The molecule has 1 aliphatic heterocycles. The molecule has 0 unspecified atom stereocenters. The average Bonchev–Trinajstić information content (AvgIpc) is 2.87. The molecule has 0 N–H and O–H groups in total. The van der Waals surface area contributed by atoms with Gasteiger partial charge in [0.15, 0.2) is 11.6 Å². The number of rotatable bonds is 0. The van der Waals surface area contributed by atoms with Crippen molar-refractivity contribution in [2.24, 2.45) is 16.7 Å². The summed E-state index contributed by atoms with van der Waals surface area (Å²) in [7, 11) is 0. The van der Waals surface area contributed by atoms with E-state index < -0.39 is 5.79 Å². The number of allylic oxidation sites excluding steroid dienone is 2. The molecule has 3 heteroatoms. The molecular weight excluding hydrogens is 216 g/mol. The molecule has 0 aromatic rings. The molecule has 3 nitrogen and oxygen atoms in total. The Labute approximate surface area is 102 Å². The molecule has 94 valence electrons. The predicted molar refractivity (Wildman–Crippen MR) is 63.4 cm³/mol. The third kappa shape index (κ3) is 1.17. The number of hydrogen-bond donors (Lipinski definition) is 0. The first-order valence-corrected chi connectivity index (χ1v) is 6.46. The molecule has 17 heavy (non-hydrogen) atoms. The van der Waals surface area contributed by atoms with Crippen LogP contribution in [0.3, 0.4) is 0 Å². The van der Waals surface area contributed by atoms with Gasteiger partial charge in [-0.3, -0.25) is 4.79 Å². The highest BCUT2D eigenvalue weighted by molar-refractivity contribution is 5.98. The van der Waals surface area contributed by atoms with Gasteiger partial charge in [-0.2, -0.15) is 0 Å². The van der Waals surface area contributed by atoms with Crippen LogP contribution in [0, 0.1) is 16.7 Å². The van der Waals surface area contributed by atoms with Crippen molar-refractivity contribution in [3.05, 3.63) is 12.2 Å². The molecule has 3 aliphatic rings. The van der Waals surface area contributed by atoms with Crippen LogP contribution in [0.5, 0.6) is 0 Å². The highest BCUT2D eigenvalue weighted by Gasteiger charge is 2.65. The normalized spacial score (nSPS) is 47.7. The van der Waals surface area contributed by atoms with Gasteiger partial charge in [-0.15, -0.1) is 0 Å². The SMILES string of the molecule is C[C@@H]1C2(CC[C@@]3(C)C=CC(=O)[C@@]13C)OCCO2. The maximum atomic E-state index is 12.3. The van der Waals surface area contributed by atoms with Crippen molar-refractivity contribution in [1.82, 2.24) is 0 Å². The molecule has 2 fully saturated rings. The Balaban J connectivity index is 2.04. The summed E-state index contributed by atoms with van der Waals surface area (Å²) in [4.78, 5) is 12.3. The minimum absolute atomic E-state index is 0.0376. The van der Waals surface area contributed by atoms with E-state index in [0.29, 0.717) is 13.2 Å². The molecular formula is C14H20O3. The second kappa shape index (κ2) is 3.21. The van der Waals surface area contributed by atoms with Gasteiger partial charge in [0.1, 0.15) is 0 Å². The van der Waals surface area contributed by atoms with E-state index in [2.05, 4.69) is 26.8 Å². The standard InChI is InChI=1S/C14H20O3/c1-10-13(3)11(15)4-5-12(13,2)6-7-14(10)16-8-9-17-14/h4-5,10H,6-9H2,1-3H3/t10-,12+,13+/m0/s1. The molecule has 0 bridgehead atoms. The van der Waals surface area contributed by atoms with Crippen molar-refractivity contribution < 1.29 is 14.3 Å². The zero-order chi connectivity index (χ0) is 12.3. The molecule has 0 radical (unpaired) electrons. The summed E-state index contributed by atoms with van der Waals surface area (Å²) >= 11 is 0.